The highest BCUT2D eigenvalue weighted by atomic mass is 31.2. The van der Waals surface area contributed by atoms with Crippen molar-refractivity contribution in [1.82, 2.24) is 0 Å². The van der Waals surface area contributed by atoms with Crippen LogP contribution in [-0.2, 0) is 21.0 Å². The van der Waals surface area contributed by atoms with Crippen LogP contribution < -0.4 is 0 Å². The van der Waals surface area contributed by atoms with Crippen molar-refractivity contribution in [2.24, 2.45) is 0 Å². The smallest absolute Gasteiger partial charge is 0.328 e. The van der Waals surface area contributed by atoms with Crippen molar-refractivity contribution in [3.05, 3.63) is 81.4 Å². The summed E-state index contributed by atoms with van der Waals surface area (Å²) in [6.45, 7) is 22.0. The molecule has 2 aromatic carbocycles. The first kappa shape index (κ1) is 35.7. The zero-order chi connectivity index (χ0) is 30.8. The molecule has 0 aliphatic heterocycles. The van der Waals surface area contributed by atoms with Gasteiger partial charge in [-0.3, -0.25) is 4.52 Å². The average Bonchev–Trinajstić information content (AvgIpc) is 2.87. The van der Waals surface area contributed by atoms with Crippen LogP contribution in [0.4, 0.5) is 0 Å². The van der Waals surface area contributed by atoms with Crippen LogP contribution >= 0.6 is 8.60 Å². The largest absolute Gasteiger partial charge is 0.328 e. The second-order valence-corrected chi connectivity index (χ2v) is 14.7. The normalized spacial score (nSPS) is 13.3. The topological polar surface area (TPSA) is 49.7 Å². The predicted octanol–water partition coefficient (Wildman–Crippen LogP) is 11.2. The molecule has 230 valence electrons. The molecule has 2 N–H and O–H groups in total. The minimum Gasteiger partial charge on any atom is -0.328 e. The molecule has 0 aliphatic carbocycles. The summed E-state index contributed by atoms with van der Waals surface area (Å²) in [6, 6.07) is 13.1. The van der Waals surface area contributed by atoms with Gasteiger partial charge >= 0.3 is 8.60 Å². The number of unbranched alkanes of at least 4 members (excludes halogenated alkanes) is 8. The van der Waals surface area contributed by atoms with Crippen LogP contribution in [0, 0.1) is 13.8 Å². The van der Waals surface area contributed by atoms with Crippen LogP contribution in [-0.4, -0.2) is 9.79 Å². The Morgan fingerprint density at radius 2 is 1.10 bits per heavy atom. The molecule has 2 rings (SSSR count). The van der Waals surface area contributed by atoms with Crippen LogP contribution in [0.25, 0.3) is 0 Å². The number of allylic oxidation sites excluding steroid dienone is 1. The van der Waals surface area contributed by atoms with Gasteiger partial charge in [0.2, 0.25) is 0 Å². The third kappa shape index (κ3) is 9.75. The number of hydrogen-bond donors (Lipinski definition) is 2. The molecule has 0 atom stereocenters. The van der Waals surface area contributed by atoms with Crippen LogP contribution in [0.5, 0.6) is 0 Å². The standard InChI is InChI=1S/C37H59O3P/c1-11-13-14-15-16-17-18-19-20-21-30(12-2)37(40-41(38)39,31-24-22-28(3)26-33(31)35(5,6)7)32-25-23-29(4)27-34(32)36(8,9)10/h12,22-27,38-39H,11,13-21H2,1-10H3. The lowest BCUT2D eigenvalue weighted by Crippen LogP contribution is -2.38. The summed E-state index contributed by atoms with van der Waals surface area (Å²) in [6.07, 6.45) is 14.4. The summed E-state index contributed by atoms with van der Waals surface area (Å²) in [5.74, 6) is 0. The van der Waals surface area contributed by atoms with Gasteiger partial charge in [0.05, 0.1) is 0 Å². The van der Waals surface area contributed by atoms with Gasteiger partial charge in [0.25, 0.3) is 0 Å². The Morgan fingerprint density at radius 3 is 1.46 bits per heavy atom. The fourth-order valence-corrected chi connectivity index (χ4v) is 6.65. The molecule has 4 heteroatoms. The van der Waals surface area contributed by atoms with Crippen molar-refractivity contribution in [3.63, 3.8) is 0 Å². The lowest BCUT2D eigenvalue weighted by Gasteiger charge is -2.43. The summed E-state index contributed by atoms with van der Waals surface area (Å²) in [5.41, 5.74) is 6.35. The molecule has 3 nitrogen and oxygen atoms in total. The molecule has 0 unspecified atom stereocenters. The molecule has 0 bridgehead atoms. The van der Waals surface area contributed by atoms with Gasteiger partial charge in [-0.15, -0.1) is 0 Å². The SMILES string of the molecule is CC=C(CCCCCCCCCCC)C(OP(O)O)(c1ccc(C)cc1C(C)(C)C)c1ccc(C)cc1C(C)(C)C. The highest BCUT2D eigenvalue weighted by molar-refractivity contribution is 7.39. The lowest BCUT2D eigenvalue weighted by atomic mass is 9.68. The predicted molar refractivity (Wildman–Crippen MR) is 179 cm³/mol. The zero-order valence-corrected chi connectivity index (χ0v) is 28.8. The number of aryl methyl sites for hydroxylation is 2. The van der Waals surface area contributed by atoms with E-state index in [0.29, 0.717) is 0 Å². The minimum atomic E-state index is -2.66. The second kappa shape index (κ2) is 15.8. The fraction of sp³-hybridized carbons (Fsp3) is 0.622. The van der Waals surface area contributed by atoms with E-state index < -0.39 is 14.2 Å². The van der Waals surface area contributed by atoms with Crippen molar-refractivity contribution in [2.75, 3.05) is 0 Å². The summed E-state index contributed by atoms with van der Waals surface area (Å²) >= 11 is 0. The summed E-state index contributed by atoms with van der Waals surface area (Å²) in [7, 11) is -2.66. The average molecular weight is 583 g/mol. The van der Waals surface area contributed by atoms with E-state index in [1.165, 1.54) is 67.2 Å². The first-order chi connectivity index (χ1) is 19.2. The van der Waals surface area contributed by atoms with E-state index in [9.17, 15) is 9.79 Å². The lowest BCUT2D eigenvalue weighted by molar-refractivity contribution is 0.118. The highest BCUT2D eigenvalue weighted by Crippen LogP contribution is 2.54. The number of hydrogen-bond acceptors (Lipinski definition) is 3. The van der Waals surface area contributed by atoms with Gasteiger partial charge in [0, 0.05) is 0 Å². The molecule has 2 aromatic rings. The van der Waals surface area contributed by atoms with Crippen LogP contribution in [0.15, 0.2) is 48.0 Å². The Balaban J connectivity index is 2.70. The minimum absolute atomic E-state index is 0.174. The molecular formula is C37H59O3P. The second-order valence-electron chi connectivity index (χ2n) is 14.0. The molecule has 0 aliphatic rings. The van der Waals surface area contributed by atoms with Gasteiger partial charge in [-0.25, -0.2) is 0 Å². The molecule has 0 heterocycles. The summed E-state index contributed by atoms with van der Waals surface area (Å²) < 4.78 is 6.56. The van der Waals surface area contributed by atoms with E-state index in [4.69, 9.17) is 4.52 Å². The van der Waals surface area contributed by atoms with Gasteiger partial charge in [0.1, 0.15) is 5.60 Å². The van der Waals surface area contributed by atoms with Gasteiger partial charge in [-0.2, -0.15) is 0 Å². The molecule has 41 heavy (non-hydrogen) atoms. The first-order valence-electron chi connectivity index (χ1n) is 15.9. The molecule has 0 amide bonds. The molecule has 0 saturated heterocycles. The van der Waals surface area contributed by atoms with Crippen LogP contribution in [0.1, 0.15) is 153 Å². The Morgan fingerprint density at radius 1 is 0.683 bits per heavy atom. The Labute approximate surface area is 253 Å². The third-order valence-corrected chi connectivity index (χ3v) is 8.73. The quantitative estimate of drug-likeness (QED) is 0.125. The summed E-state index contributed by atoms with van der Waals surface area (Å²) in [4.78, 5) is 21.3. The Kier molecular flexibility index (Phi) is 13.8. The molecule has 0 saturated carbocycles. The molecule has 0 spiro atoms. The maximum atomic E-state index is 10.7. The van der Waals surface area contributed by atoms with Crippen LogP contribution in [0.2, 0.25) is 0 Å². The Hall–Kier alpha value is -1.51. The van der Waals surface area contributed by atoms with Crippen molar-refractivity contribution in [3.8, 4) is 0 Å². The van der Waals surface area contributed by atoms with E-state index in [0.717, 1.165) is 36.0 Å². The summed E-state index contributed by atoms with van der Waals surface area (Å²) in [5, 5.41) is 0. The van der Waals surface area contributed by atoms with E-state index in [1.54, 1.807) is 0 Å². The molecule has 0 aromatic heterocycles. The Bertz CT molecular complexity index is 1050. The fourth-order valence-electron chi connectivity index (χ4n) is 6.09. The van der Waals surface area contributed by atoms with E-state index in [-0.39, 0.29) is 10.8 Å². The van der Waals surface area contributed by atoms with E-state index in [1.807, 2.05) is 0 Å². The van der Waals surface area contributed by atoms with Crippen molar-refractivity contribution in [1.29, 1.82) is 0 Å². The third-order valence-electron chi connectivity index (χ3n) is 8.29. The zero-order valence-electron chi connectivity index (χ0n) is 27.9. The van der Waals surface area contributed by atoms with Gasteiger partial charge in [-0.05, 0) is 72.3 Å². The monoisotopic (exact) mass is 582 g/mol. The van der Waals surface area contributed by atoms with Crippen molar-refractivity contribution >= 4 is 8.60 Å². The van der Waals surface area contributed by atoms with Gasteiger partial charge in [-0.1, -0.05) is 153 Å². The van der Waals surface area contributed by atoms with Crippen molar-refractivity contribution in [2.45, 2.75) is 150 Å². The molecule has 0 fully saturated rings. The van der Waals surface area contributed by atoms with E-state index in [2.05, 4.69) is 112 Å². The molecular weight excluding hydrogens is 523 g/mol. The van der Waals surface area contributed by atoms with Crippen molar-refractivity contribution < 1.29 is 14.3 Å². The first-order valence-corrected chi connectivity index (χ1v) is 17.1. The molecule has 0 radical (unpaired) electrons. The maximum Gasteiger partial charge on any atom is 0.328 e. The van der Waals surface area contributed by atoms with Gasteiger partial charge < -0.3 is 9.79 Å². The number of rotatable bonds is 15. The highest BCUT2D eigenvalue weighted by Gasteiger charge is 2.46. The van der Waals surface area contributed by atoms with Gasteiger partial charge in [0.15, 0.2) is 0 Å². The number of benzene rings is 2. The van der Waals surface area contributed by atoms with E-state index >= 15 is 0 Å². The maximum absolute atomic E-state index is 10.7. The van der Waals surface area contributed by atoms with Crippen LogP contribution in [0.3, 0.4) is 0 Å².